The van der Waals surface area contributed by atoms with Crippen LogP contribution in [0.25, 0.3) is 0 Å². The summed E-state index contributed by atoms with van der Waals surface area (Å²) in [5.41, 5.74) is 0.784. The minimum atomic E-state index is 0.0933. The van der Waals surface area contributed by atoms with Crippen molar-refractivity contribution in [3.63, 3.8) is 0 Å². The van der Waals surface area contributed by atoms with Crippen LogP contribution in [0.4, 0.5) is 0 Å². The third-order valence-corrected chi connectivity index (χ3v) is 2.77. The van der Waals surface area contributed by atoms with Crippen LogP contribution in [0.1, 0.15) is 5.69 Å². The molecule has 6 nitrogen and oxygen atoms in total. The summed E-state index contributed by atoms with van der Waals surface area (Å²) in [5, 5.41) is 9.08. The first-order valence-corrected chi connectivity index (χ1v) is 6.14. The van der Waals surface area contributed by atoms with Crippen molar-refractivity contribution in [1.29, 1.82) is 0 Å². The van der Waals surface area contributed by atoms with Crippen LogP contribution in [0.2, 0.25) is 0 Å². The van der Waals surface area contributed by atoms with Crippen molar-refractivity contribution in [2.24, 2.45) is 0 Å². The third kappa shape index (κ3) is 4.66. The lowest BCUT2D eigenvalue weighted by atomic mass is 10.2. The second-order valence-electron chi connectivity index (χ2n) is 3.99. The number of nitrogens with zero attached hydrogens (tertiary/aromatic N) is 2. The highest BCUT2D eigenvalue weighted by molar-refractivity contribution is 5.42. The predicted octanol–water partition coefficient (Wildman–Crippen LogP) is 0.539. The van der Waals surface area contributed by atoms with Gasteiger partial charge in [-0.3, -0.25) is 9.88 Å². The molecule has 1 heterocycles. The van der Waals surface area contributed by atoms with E-state index < -0.39 is 0 Å². The summed E-state index contributed by atoms with van der Waals surface area (Å²) >= 11 is 0. The molecule has 0 amide bonds. The molecular weight excluding hydrogens is 248 g/mol. The third-order valence-electron chi connectivity index (χ3n) is 2.77. The highest BCUT2D eigenvalue weighted by Crippen LogP contribution is 2.29. The van der Waals surface area contributed by atoms with Crippen LogP contribution in [-0.4, -0.2) is 62.6 Å². The van der Waals surface area contributed by atoms with E-state index in [0.717, 1.165) is 12.2 Å². The Morgan fingerprint density at radius 2 is 2.00 bits per heavy atom. The second-order valence-corrected chi connectivity index (χ2v) is 3.99. The van der Waals surface area contributed by atoms with Gasteiger partial charge in [0.25, 0.3) is 0 Å². The van der Waals surface area contributed by atoms with Crippen molar-refractivity contribution in [1.82, 2.24) is 9.88 Å². The number of ether oxygens (including phenoxy) is 3. The van der Waals surface area contributed by atoms with E-state index >= 15 is 0 Å². The van der Waals surface area contributed by atoms with E-state index in [1.54, 1.807) is 33.6 Å². The molecule has 0 aliphatic rings. The Kier molecular flexibility index (Phi) is 7.17. The highest BCUT2D eigenvalue weighted by atomic mass is 16.5. The van der Waals surface area contributed by atoms with Gasteiger partial charge < -0.3 is 19.3 Å². The standard InChI is InChI=1S/C13H22N2O4/c1-17-9-7-15(6-8-16)10-11-13(19-3)12(18-2)4-5-14-11/h4-5,16H,6-10H2,1-3H3. The zero-order valence-corrected chi connectivity index (χ0v) is 11.8. The Morgan fingerprint density at radius 3 is 2.58 bits per heavy atom. The summed E-state index contributed by atoms with van der Waals surface area (Å²) in [6.45, 7) is 2.55. The molecule has 0 aromatic carbocycles. The van der Waals surface area contributed by atoms with Crippen LogP contribution in [0.3, 0.4) is 0 Å². The molecule has 0 saturated carbocycles. The smallest absolute Gasteiger partial charge is 0.183 e. The average molecular weight is 270 g/mol. The van der Waals surface area contributed by atoms with Gasteiger partial charge in [-0.25, -0.2) is 0 Å². The van der Waals surface area contributed by atoms with Gasteiger partial charge in [-0.2, -0.15) is 0 Å². The SMILES string of the molecule is COCCN(CCO)Cc1nccc(OC)c1OC. The summed E-state index contributed by atoms with van der Waals surface area (Å²) in [6, 6.07) is 1.76. The average Bonchev–Trinajstić information content (AvgIpc) is 2.44. The van der Waals surface area contributed by atoms with E-state index in [9.17, 15) is 0 Å². The van der Waals surface area contributed by atoms with Gasteiger partial charge in [0.15, 0.2) is 11.5 Å². The molecule has 0 aliphatic carbocycles. The molecule has 1 rings (SSSR count). The van der Waals surface area contributed by atoms with Gasteiger partial charge in [0.05, 0.1) is 27.4 Å². The monoisotopic (exact) mass is 270 g/mol. The molecule has 0 spiro atoms. The fraction of sp³-hybridized carbons (Fsp3) is 0.615. The first-order chi connectivity index (χ1) is 9.26. The molecule has 6 heteroatoms. The Morgan fingerprint density at radius 1 is 1.21 bits per heavy atom. The van der Waals surface area contributed by atoms with E-state index in [-0.39, 0.29) is 6.61 Å². The van der Waals surface area contributed by atoms with E-state index in [1.807, 2.05) is 4.90 Å². The summed E-state index contributed by atoms with van der Waals surface area (Å²) in [4.78, 5) is 6.37. The van der Waals surface area contributed by atoms with Gasteiger partial charge in [-0.1, -0.05) is 0 Å². The van der Waals surface area contributed by atoms with Crippen LogP contribution in [0, 0.1) is 0 Å². The molecule has 1 aromatic heterocycles. The number of aromatic nitrogens is 1. The lowest BCUT2D eigenvalue weighted by Crippen LogP contribution is -2.30. The molecule has 0 aliphatic heterocycles. The van der Waals surface area contributed by atoms with Crippen LogP contribution >= 0.6 is 0 Å². The number of hydrogen-bond acceptors (Lipinski definition) is 6. The number of pyridine rings is 1. The summed E-state index contributed by atoms with van der Waals surface area (Å²) in [6.07, 6.45) is 1.68. The zero-order chi connectivity index (χ0) is 14.1. The largest absolute Gasteiger partial charge is 0.493 e. The van der Waals surface area contributed by atoms with Crippen LogP contribution < -0.4 is 9.47 Å². The Balaban J connectivity index is 2.82. The maximum Gasteiger partial charge on any atom is 0.183 e. The maximum absolute atomic E-state index is 9.08. The van der Waals surface area contributed by atoms with E-state index in [4.69, 9.17) is 19.3 Å². The zero-order valence-electron chi connectivity index (χ0n) is 11.8. The number of methoxy groups -OCH3 is 3. The van der Waals surface area contributed by atoms with Gasteiger partial charge in [0, 0.05) is 39.0 Å². The molecule has 108 valence electrons. The fourth-order valence-corrected chi connectivity index (χ4v) is 1.81. The molecule has 1 N–H and O–H groups in total. The number of aliphatic hydroxyl groups is 1. The van der Waals surface area contributed by atoms with Gasteiger partial charge >= 0.3 is 0 Å². The first kappa shape index (κ1) is 15.7. The fourth-order valence-electron chi connectivity index (χ4n) is 1.81. The van der Waals surface area contributed by atoms with Crippen molar-refractivity contribution >= 4 is 0 Å². The minimum Gasteiger partial charge on any atom is -0.493 e. The molecule has 0 unspecified atom stereocenters. The molecule has 0 bridgehead atoms. The Labute approximate surface area is 113 Å². The first-order valence-electron chi connectivity index (χ1n) is 6.14. The lowest BCUT2D eigenvalue weighted by molar-refractivity contribution is 0.125. The lowest BCUT2D eigenvalue weighted by Gasteiger charge is -2.21. The van der Waals surface area contributed by atoms with Crippen molar-refractivity contribution in [3.8, 4) is 11.5 Å². The molecule has 0 saturated heterocycles. The van der Waals surface area contributed by atoms with Gasteiger partial charge in [0.2, 0.25) is 0 Å². The summed E-state index contributed by atoms with van der Waals surface area (Å²) in [5.74, 6) is 1.29. The van der Waals surface area contributed by atoms with E-state index in [0.29, 0.717) is 31.2 Å². The van der Waals surface area contributed by atoms with Gasteiger partial charge in [-0.05, 0) is 0 Å². The Hall–Kier alpha value is -1.37. The molecule has 0 atom stereocenters. The van der Waals surface area contributed by atoms with Crippen LogP contribution in [-0.2, 0) is 11.3 Å². The van der Waals surface area contributed by atoms with E-state index in [2.05, 4.69) is 4.98 Å². The predicted molar refractivity (Wildman–Crippen MR) is 71.6 cm³/mol. The normalized spacial score (nSPS) is 10.8. The molecule has 19 heavy (non-hydrogen) atoms. The highest BCUT2D eigenvalue weighted by Gasteiger charge is 2.14. The summed E-state index contributed by atoms with van der Waals surface area (Å²) < 4.78 is 15.6. The number of rotatable bonds is 9. The van der Waals surface area contributed by atoms with Crippen LogP contribution in [0.5, 0.6) is 11.5 Å². The maximum atomic E-state index is 9.08. The van der Waals surface area contributed by atoms with Gasteiger partial charge in [0.1, 0.15) is 5.69 Å². The minimum absolute atomic E-state index is 0.0933. The second kappa shape index (κ2) is 8.68. The molecular formula is C13H22N2O4. The number of hydrogen-bond donors (Lipinski definition) is 1. The van der Waals surface area contributed by atoms with Gasteiger partial charge in [-0.15, -0.1) is 0 Å². The molecule has 1 aromatic rings. The molecule has 0 fully saturated rings. The Bertz CT molecular complexity index is 374. The van der Waals surface area contributed by atoms with E-state index in [1.165, 1.54) is 0 Å². The summed E-state index contributed by atoms with van der Waals surface area (Å²) in [7, 11) is 4.84. The van der Waals surface area contributed by atoms with Crippen molar-refractivity contribution < 1.29 is 19.3 Å². The van der Waals surface area contributed by atoms with Crippen molar-refractivity contribution in [2.75, 3.05) is 47.6 Å². The van der Waals surface area contributed by atoms with Crippen molar-refractivity contribution in [3.05, 3.63) is 18.0 Å². The number of aliphatic hydroxyl groups excluding tert-OH is 1. The van der Waals surface area contributed by atoms with Crippen molar-refractivity contribution in [2.45, 2.75) is 6.54 Å². The quantitative estimate of drug-likeness (QED) is 0.706. The molecule has 0 radical (unpaired) electrons. The van der Waals surface area contributed by atoms with Crippen LogP contribution in [0.15, 0.2) is 12.3 Å². The topological polar surface area (TPSA) is 64.1 Å².